The number of rotatable bonds is 6. The Kier molecular flexibility index (Phi) is 9.01. The first-order chi connectivity index (χ1) is 13.8. The van der Waals surface area contributed by atoms with E-state index >= 15 is 0 Å². The fourth-order valence-electron chi connectivity index (χ4n) is 3.24. The summed E-state index contributed by atoms with van der Waals surface area (Å²) in [5.41, 5.74) is 1.73. The molecule has 3 rings (SSSR count). The molecule has 9 nitrogen and oxygen atoms in total. The number of urea groups is 1. The molecule has 1 fully saturated rings. The fraction of sp³-hybridized carbons (Fsp3) is 0.444. The number of aryl methyl sites for hydroxylation is 2. The van der Waals surface area contributed by atoms with Crippen LogP contribution in [0.2, 0.25) is 5.02 Å². The number of anilines is 2. The Bertz CT molecular complexity index is 985. The number of ether oxygens (including phenoxy) is 1. The first-order valence-electron chi connectivity index (χ1n) is 9.27. The van der Waals surface area contributed by atoms with Crippen LogP contribution in [-0.2, 0) is 28.4 Å². The van der Waals surface area contributed by atoms with E-state index in [1.807, 2.05) is 6.92 Å². The second-order valence-electron chi connectivity index (χ2n) is 6.77. The minimum Gasteiger partial charge on any atom is -1.00 e. The van der Waals surface area contributed by atoms with E-state index in [4.69, 9.17) is 16.3 Å². The van der Waals surface area contributed by atoms with Gasteiger partial charge in [-0.25, -0.2) is 13.8 Å². The van der Waals surface area contributed by atoms with Crippen molar-refractivity contribution in [3.05, 3.63) is 41.2 Å². The van der Waals surface area contributed by atoms with Gasteiger partial charge in [0.2, 0.25) is 0 Å². The molecular weight excluding hydrogens is 441 g/mol. The SMILES string of the molecule is CCc1cc(Cl)cc(NC(=O)NS(=O)(=O)N(c2cnn(C)c2)C2CCOCC2)c1.[H-].[Na+]. The van der Waals surface area contributed by atoms with Crippen LogP contribution in [0.4, 0.5) is 16.2 Å². The van der Waals surface area contributed by atoms with Gasteiger partial charge in [0.05, 0.1) is 17.9 Å². The Morgan fingerprint density at radius 3 is 2.67 bits per heavy atom. The molecule has 0 aliphatic carbocycles. The summed E-state index contributed by atoms with van der Waals surface area (Å²) in [6, 6.07) is 3.89. The van der Waals surface area contributed by atoms with Crippen LogP contribution in [0.3, 0.4) is 0 Å². The molecule has 2 amide bonds. The van der Waals surface area contributed by atoms with E-state index in [1.165, 1.54) is 15.2 Å². The molecule has 160 valence electrons. The third-order valence-electron chi connectivity index (χ3n) is 4.57. The van der Waals surface area contributed by atoms with Gasteiger partial charge in [0.15, 0.2) is 0 Å². The van der Waals surface area contributed by atoms with Gasteiger partial charge < -0.3 is 11.5 Å². The molecule has 0 radical (unpaired) electrons. The Labute approximate surface area is 205 Å². The minimum atomic E-state index is -4.18. The van der Waals surface area contributed by atoms with Crippen LogP contribution in [0.1, 0.15) is 26.8 Å². The van der Waals surface area contributed by atoms with Crippen LogP contribution in [0.15, 0.2) is 30.6 Å². The van der Waals surface area contributed by atoms with Crippen LogP contribution >= 0.6 is 11.6 Å². The normalized spacial score (nSPS) is 14.6. The van der Waals surface area contributed by atoms with Gasteiger partial charge in [-0.1, -0.05) is 18.5 Å². The van der Waals surface area contributed by atoms with Crippen molar-refractivity contribution < 1.29 is 48.9 Å². The molecule has 0 saturated carbocycles. The maximum Gasteiger partial charge on any atom is 1.00 e. The quantitative estimate of drug-likeness (QED) is 0.575. The van der Waals surface area contributed by atoms with Crippen molar-refractivity contribution in [1.29, 1.82) is 0 Å². The maximum absolute atomic E-state index is 13.1. The smallest absolute Gasteiger partial charge is 1.00 e. The Hall–Kier alpha value is -1.30. The number of carbonyl (C=O) groups is 1. The van der Waals surface area contributed by atoms with E-state index in [9.17, 15) is 13.2 Å². The van der Waals surface area contributed by atoms with Crippen LogP contribution < -0.4 is 43.9 Å². The van der Waals surface area contributed by atoms with Gasteiger partial charge in [-0.3, -0.25) is 4.68 Å². The summed E-state index contributed by atoms with van der Waals surface area (Å²) in [5.74, 6) is 0. The second-order valence-corrected chi connectivity index (χ2v) is 8.76. The van der Waals surface area contributed by atoms with E-state index in [0.29, 0.717) is 42.5 Å². The number of nitrogens with one attached hydrogen (secondary N) is 2. The summed E-state index contributed by atoms with van der Waals surface area (Å²) in [7, 11) is -2.48. The second kappa shape index (κ2) is 10.8. The predicted molar refractivity (Wildman–Crippen MR) is 113 cm³/mol. The summed E-state index contributed by atoms with van der Waals surface area (Å²) < 4.78 is 36.3. The van der Waals surface area contributed by atoms with Gasteiger partial charge in [0.1, 0.15) is 0 Å². The maximum atomic E-state index is 13.1. The number of carbonyl (C=O) groups excluding carboxylic acids is 1. The van der Waals surface area contributed by atoms with E-state index in [1.54, 1.807) is 31.4 Å². The molecule has 1 aromatic carbocycles. The number of hydrogen-bond acceptors (Lipinski definition) is 5. The number of hydrogen-bond donors (Lipinski definition) is 2. The third kappa shape index (κ3) is 6.35. The van der Waals surface area contributed by atoms with Crippen LogP contribution in [0, 0.1) is 0 Å². The zero-order chi connectivity index (χ0) is 21.0. The summed E-state index contributed by atoms with van der Waals surface area (Å²) in [5, 5.41) is 7.06. The van der Waals surface area contributed by atoms with Crippen LogP contribution in [0.25, 0.3) is 0 Å². The van der Waals surface area contributed by atoms with E-state index in [2.05, 4.69) is 15.1 Å². The van der Waals surface area contributed by atoms with Crippen molar-refractivity contribution in [2.24, 2.45) is 7.05 Å². The number of halogens is 1. The van der Waals surface area contributed by atoms with Crippen LogP contribution in [0.5, 0.6) is 0 Å². The van der Waals surface area contributed by atoms with Gasteiger partial charge in [-0.05, 0) is 43.0 Å². The Balaban J connectivity index is 0.00000240. The van der Waals surface area contributed by atoms with Crippen molar-refractivity contribution in [2.45, 2.75) is 32.2 Å². The van der Waals surface area contributed by atoms with Crippen LogP contribution in [-0.4, -0.2) is 43.5 Å². The molecule has 0 atom stereocenters. The minimum absolute atomic E-state index is 0. The molecule has 2 N–H and O–H groups in total. The molecule has 1 saturated heterocycles. The van der Waals surface area contributed by atoms with E-state index in [-0.39, 0.29) is 37.0 Å². The average molecular weight is 466 g/mol. The zero-order valence-corrected chi connectivity index (χ0v) is 20.8. The van der Waals surface area contributed by atoms with Crippen molar-refractivity contribution in [2.75, 3.05) is 22.8 Å². The molecule has 1 aliphatic heterocycles. The molecule has 0 unspecified atom stereocenters. The van der Waals surface area contributed by atoms with Gasteiger partial charge in [-0.15, -0.1) is 0 Å². The van der Waals surface area contributed by atoms with Crippen molar-refractivity contribution in [3.8, 4) is 0 Å². The molecular formula is C18H25ClN5NaO4S. The number of amides is 2. The van der Waals surface area contributed by atoms with E-state index < -0.39 is 16.2 Å². The molecule has 2 heterocycles. The predicted octanol–water partition coefficient (Wildman–Crippen LogP) is -0.196. The largest absolute Gasteiger partial charge is 1.00 e. The summed E-state index contributed by atoms with van der Waals surface area (Å²) >= 11 is 6.06. The molecule has 0 bridgehead atoms. The Morgan fingerprint density at radius 2 is 2.07 bits per heavy atom. The Morgan fingerprint density at radius 1 is 1.37 bits per heavy atom. The molecule has 1 aromatic heterocycles. The van der Waals surface area contributed by atoms with Gasteiger partial charge in [0, 0.05) is 37.2 Å². The number of aromatic nitrogens is 2. The fourth-order valence-corrected chi connectivity index (χ4v) is 4.85. The van der Waals surface area contributed by atoms with Crippen molar-refractivity contribution in [1.82, 2.24) is 14.5 Å². The first-order valence-corrected chi connectivity index (χ1v) is 11.1. The van der Waals surface area contributed by atoms with Gasteiger partial charge in [0.25, 0.3) is 0 Å². The van der Waals surface area contributed by atoms with E-state index in [0.717, 1.165) is 12.0 Å². The number of nitrogens with zero attached hydrogens (tertiary/aromatic N) is 3. The molecule has 30 heavy (non-hydrogen) atoms. The van der Waals surface area contributed by atoms with Gasteiger partial charge in [-0.2, -0.15) is 13.5 Å². The monoisotopic (exact) mass is 465 g/mol. The zero-order valence-electron chi connectivity index (χ0n) is 18.3. The molecule has 2 aromatic rings. The number of benzene rings is 1. The molecule has 1 aliphatic rings. The standard InChI is InChI=1S/C18H24ClN5O4S.Na.H/c1-3-13-8-14(19)10-15(9-13)21-18(25)22-29(26,27)24(16-4-6-28-7-5-16)17-11-20-23(2)12-17;;/h8-12,16H,3-7H2,1-2H3,(H2,21,22,25);;/q;+1;-1. The average Bonchev–Trinajstić information content (AvgIpc) is 3.06. The summed E-state index contributed by atoms with van der Waals surface area (Å²) in [4.78, 5) is 12.4. The first kappa shape index (κ1) is 25.0. The molecule has 0 spiro atoms. The van der Waals surface area contributed by atoms with Gasteiger partial charge >= 0.3 is 45.8 Å². The molecule has 12 heteroatoms. The third-order valence-corrected chi connectivity index (χ3v) is 6.26. The topological polar surface area (TPSA) is 106 Å². The van der Waals surface area contributed by atoms with Crippen molar-refractivity contribution >= 4 is 39.2 Å². The summed E-state index contributed by atoms with van der Waals surface area (Å²) in [6.45, 7) is 2.86. The summed E-state index contributed by atoms with van der Waals surface area (Å²) in [6.07, 6.45) is 4.82. The van der Waals surface area contributed by atoms with Crippen molar-refractivity contribution in [3.63, 3.8) is 0 Å².